The van der Waals surface area contributed by atoms with Crippen molar-refractivity contribution in [3.63, 3.8) is 0 Å². The van der Waals surface area contributed by atoms with Crippen molar-refractivity contribution < 1.29 is 0 Å². The molecule has 1 aliphatic carbocycles. The number of aryl methyl sites for hydroxylation is 1. The first-order valence-electron chi connectivity index (χ1n) is 6.74. The van der Waals surface area contributed by atoms with Crippen LogP contribution in [0.15, 0.2) is 6.07 Å². The van der Waals surface area contributed by atoms with Crippen molar-refractivity contribution in [3.8, 4) is 0 Å². The molecule has 2 rings (SSSR count). The Labute approximate surface area is 104 Å². The van der Waals surface area contributed by atoms with Gasteiger partial charge in [-0.1, -0.05) is 26.7 Å². The van der Waals surface area contributed by atoms with E-state index < -0.39 is 0 Å². The molecule has 1 aromatic heterocycles. The van der Waals surface area contributed by atoms with Gasteiger partial charge >= 0.3 is 0 Å². The van der Waals surface area contributed by atoms with Gasteiger partial charge in [-0.05, 0) is 25.7 Å². The number of aromatic nitrogens is 2. The van der Waals surface area contributed by atoms with Crippen LogP contribution >= 0.6 is 0 Å². The van der Waals surface area contributed by atoms with Crippen molar-refractivity contribution in [1.29, 1.82) is 0 Å². The quantitative estimate of drug-likeness (QED) is 0.764. The molecule has 0 spiro atoms. The minimum atomic E-state index is 0.391. The topological polar surface area (TPSA) is 37.8 Å². The molecule has 94 valence electrons. The van der Waals surface area contributed by atoms with E-state index in [-0.39, 0.29) is 0 Å². The molecule has 1 heterocycles. The third kappa shape index (κ3) is 3.99. The monoisotopic (exact) mass is 233 g/mol. The first-order chi connectivity index (χ1) is 8.15. The number of anilines is 1. The van der Waals surface area contributed by atoms with E-state index in [0.29, 0.717) is 5.92 Å². The maximum absolute atomic E-state index is 4.54. The van der Waals surface area contributed by atoms with E-state index >= 15 is 0 Å². The molecule has 0 saturated heterocycles. The lowest BCUT2D eigenvalue weighted by molar-refractivity contribution is 0.685. The van der Waals surface area contributed by atoms with Crippen LogP contribution in [0.2, 0.25) is 0 Å². The van der Waals surface area contributed by atoms with E-state index in [1.165, 1.54) is 25.7 Å². The van der Waals surface area contributed by atoms with Crippen LogP contribution in [-0.4, -0.2) is 16.5 Å². The summed E-state index contributed by atoms with van der Waals surface area (Å²) in [4.78, 5) is 8.99. The Hall–Kier alpha value is -1.12. The van der Waals surface area contributed by atoms with E-state index in [0.717, 1.165) is 29.8 Å². The standard InChI is InChI=1S/C14H23N3/c1-10(2)14-16-11(3)9-13(17-14)15-8-4-5-12-6-7-12/h9-10,12H,4-8H2,1-3H3,(H,15,16,17). The molecule has 1 saturated carbocycles. The molecule has 0 atom stereocenters. The molecule has 3 heteroatoms. The average molecular weight is 233 g/mol. The van der Waals surface area contributed by atoms with E-state index in [1.807, 2.05) is 13.0 Å². The molecule has 1 aliphatic rings. The summed E-state index contributed by atoms with van der Waals surface area (Å²) in [5, 5.41) is 3.41. The molecule has 1 fully saturated rings. The van der Waals surface area contributed by atoms with Gasteiger partial charge < -0.3 is 5.32 Å². The molecular formula is C14H23N3. The fourth-order valence-corrected chi connectivity index (χ4v) is 1.95. The van der Waals surface area contributed by atoms with Gasteiger partial charge in [0.1, 0.15) is 11.6 Å². The van der Waals surface area contributed by atoms with Crippen LogP contribution in [0.1, 0.15) is 57.0 Å². The second-order valence-corrected chi connectivity index (χ2v) is 5.42. The summed E-state index contributed by atoms with van der Waals surface area (Å²) in [6.45, 7) is 7.32. The minimum absolute atomic E-state index is 0.391. The maximum atomic E-state index is 4.54. The Bertz CT molecular complexity index is 370. The molecule has 0 amide bonds. The van der Waals surface area contributed by atoms with Crippen LogP contribution in [0.25, 0.3) is 0 Å². The van der Waals surface area contributed by atoms with Crippen LogP contribution in [0.3, 0.4) is 0 Å². The van der Waals surface area contributed by atoms with E-state index in [4.69, 9.17) is 0 Å². The molecule has 0 unspecified atom stereocenters. The summed E-state index contributed by atoms with van der Waals surface area (Å²) in [5.41, 5.74) is 1.05. The highest BCUT2D eigenvalue weighted by Crippen LogP contribution is 2.33. The van der Waals surface area contributed by atoms with Gasteiger partial charge in [-0.3, -0.25) is 0 Å². The van der Waals surface area contributed by atoms with E-state index in [9.17, 15) is 0 Å². The van der Waals surface area contributed by atoms with Gasteiger partial charge in [0.2, 0.25) is 0 Å². The van der Waals surface area contributed by atoms with Gasteiger partial charge in [0.15, 0.2) is 0 Å². The molecule has 17 heavy (non-hydrogen) atoms. The molecular weight excluding hydrogens is 210 g/mol. The summed E-state index contributed by atoms with van der Waals surface area (Å²) in [5.74, 6) is 3.34. The van der Waals surface area contributed by atoms with E-state index in [2.05, 4.69) is 29.1 Å². The lowest BCUT2D eigenvalue weighted by Crippen LogP contribution is -2.07. The molecule has 0 bridgehead atoms. The smallest absolute Gasteiger partial charge is 0.133 e. The lowest BCUT2D eigenvalue weighted by Gasteiger charge is -2.10. The van der Waals surface area contributed by atoms with Gasteiger partial charge in [0, 0.05) is 24.2 Å². The second-order valence-electron chi connectivity index (χ2n) is 5.42. The largest absolute Gasteiger partial charge is 0.370 e. The maximum Gasteiger partial charge on any atom is 0.133 e. The van der Waals surface area contributed by atoms with Gasteiger partial charge in [-0.15, -0.1) is 0 Å². The summed E-state index contributed by atoms with van der Waals surface area (Å²) < 4.78 is 0. The van der Waals surface area contributed by atoms with Crippen molar-refractivity contribution >= 4 is 5.82 Å². The van der Waals surface area contributed by atoms with Gasteiger partial charge in [0.05, 0.1) is 0 Å². The number of hydrogen-bond acceptors (Lipinski definition) is 3. The Morgan fingerprint density at radius 2 is 2.12 bits per heavy atom. The number of rotatable bonds is 6. The third-order valence-corrected chi connectivity index (χ3v) is 3.18. The zero-order valence-corrected chi connectivity index (χ0v) is 11.2. The summed E-state index contributed by atoms with van der Waals surface area (Å²) in [6, 6.07) is 2.03. The third-order valence-electron chi connectivity index (χ3n) is 3.18. The van der Waals surface area contributed by atoms with Crippen molar-refractivity contribution in [2.75, 3.05) is 11.9 Å². The fraction of sp³-hybridized carbons (Fsp3) is 0.714. The zero-order chi connectivity index (χ0) is 12.3. The van der Waals surface area contributed by atoms with Crippen molar-refractivity contribution in [2.24, 2.45) is 5.92 Å². The second kappa shape index (κ2) is 5.48. The van der Waals surface area contributed by atoms with Crippen LogP contribution in [0.5, 0.6) is 0 Å². The summed E-state index contributed by atoms with van der Waals surface area (Å²) >= 11 is 0. The lowest BCUT2D eigenvalue weighted by atomic mass is 10.2. The van der Waals surface area contributed by atoms with Crippen molar-refractivity contribution in [3.05, 3.63) is 17.6 Å². The van der Waals surface area contributed by atoms with Crippen LogP contribution in [0, 0.1) is 12.8 Å². The molecule has 0 radical (unpaired) electrons. The number of nitrogens with zero attached hydrogens (tertiary/aromatic N) is 2. The predicted octanol–water partition coefficient (Wildman–Crippen LogP) is 3.51. The Morgan fingerprint density at radius 1 is 1.35 bits per heavy atom. The van der Waals surface area contributed by atoms with Crippen LogP contribution < -0.4 is 5.32 Å². The Balaban J connectivity index is 1.85. The summed E-state index contributed by atoms with van der Waals surface area (Å²) in [7, 11) is 0. The highest BCUT2D eigenvalue weighted by atomic mass is 15.0. The highest BCUT2D eigenvalue weighted by molar-refractivity contribution is 5.36. The predicted molar refractivity (Wildman–Crippen MR) is 71.3 cm³/mol. The first kappa shape index (κ1) is 12.3. The van der Waals surface area contributed by atoms with Gasteiger partial charge in [0.25, 0.3) is 0 Å². The normalized spacial score (nSPS) is 15.3. The highest BCUT2D eigenvalue weighted by Gasteiger charge is 2.19. The minimum Gasteiger partial charge on any atom is -0.370 e. The zero-order valence-electron chi connectivity index (χ0n) is 11.2. The van der Waals surface area contributed by atoms with Crippen LogP contribution in [-0.2, 0) is 0 Å². The fourth-order valence-electron chi connectivity index (χ4n) is 1.95. The SMILES string of the molecule is Cc1cc(NCCCC2CC2)nc(C(C)C)n1. The molecule has 1 aromatic rings. The van der Waals surface area contributed by atoms with Crippen molar-refractivity contribution in [2.45, 2.75) is 52.4 Å². The first-order valence-corrected chi connectivity index (χ1v) is 6.74. The average Bonchev–Trinajstić information content (AvgIpc) is 3.07. The van der Waals surface area contributed by atoms with Gasteiger partial charge in [-0.2, -0.15) is 0 Å². The molecule has 3 nitrogen and oxygen atoms in total. The molecule has 0 aromatic carbocycles. The van der Waals surface area contributed by atoms with Crippen molar-refractivity contribution in [1.82, 2.24) is 9.97 Å². The van der Waals surface area contributed by atoms with Crippen LogP contribution in [0.4, 0.5) is 5.82 Å². The Morgan fingerprint density at radius 3 is 2.76 bits per heavy atom. The molecule has 0 aliphatic heterocycles. The van der Waals surface area contributed by atoms with Gasteiger partial charge in [-0.25, -0.2) is 9.97 Å². The number of nitrogens with one attached hydrogen (secondary N) is 1. The van der Waals surface area contributed by atoms with E-state index in [1.54, 1.807) is 0 Å². The Kier molecular flexibility index (Phi) is 3.97. The number of hydrogen-bond donors (Lipinski definition) is 1. The molecule has 1 N–H and O–H groups in total. The summed E-state index contributed by atoms with van der Waals surface area (Å²) in [6.07, 6.45) is 5.52.